The molecule has 0 bridgehead atoms. The van der Waals surface area contributed by atoms with Crippen LogP contribution < -0.4 is 0 Å². The Morgan fingerprint density at radius 3 is 2.83 bits per heavy atom. The highest BCUT2D eigenvalue weighted by Gasteiger charge is 2.30. The third-order valence-corrected chi connectivity index (χ3v) is 6.00. The van der Waals surface area contributed by atoms with E-state index in [1.54, 1.807) is 13.0 Å². The van der Waals surface area contributed by atoms with Crippen LogP contribution in [0.3, 0.4) is 0 Å². The van der Waals surface area contributed by atoms with Crippen LogP contribution in [-0.2, 0) is 9.84 Å². The zero-order valence-corrected chi connectivity index (χ0v) is 12.3. The molecule has 7 heteroatoms. The molecule has 1 fully saturated rings. The largest absolute Gasteiger partial charge is 0.458 e. The average molecular weight is 336 g/mol. The Hall–Kier alpha value is -0.820. The highest BCUT2D eigenvalue weighted by atomic mass is 79.9. The first-order chi connectivity index (χ1) is 8.42. The molecule has 0 radical (unpaired) electrons. The van der Waals surface area contributed by atoms with Gasteiger partial charge in [-0.3, -0.25) is 4.79 Å². The molecule has 0 aromatic carbocycles. The molecule has 5 nitrogen and oxygen atoms in total. The van der Waals surface area contributed by atoms with Crippen molar-refractivity contribution in [2.24, 2.45) is 0 Å². The SMILES string of the molecule is CC1CCN(C(=O)c2occc2Br)CCS1(=O)=O. The van der Waals surface area contributed by atoms with Gasteiger partial charge in [-0.1, -0.05) is 0 Å². The molecule has 2 rings (SSSR count). The standard InChI is InChI=1S/C11H14BrNO4S/c1-8-2-4-13(5-7-18(8,15)16)11(14)10-9(12)3-6-17-10/h3,6,8H,2,4-5,7H2,1H3. The number of hydrogen-bond donors (Lipinski definition) is 0. The first kappa shape index (κ1) is 13.6. The van der Waals surface area contributed by atoms with Crippen LogP contribution in [0, 0.1) is 0 Å². The summed E-state index contributed by atoms with van der Waals surface area (Å²) < 4.78 is 29.2. The summed E-state index contributed by atoms with van der Waals surface area (Å²) in [6.07, 6.45) is 1.89. The number of amides is 1. The minimum atomic E-state index is -3.08. The Morgan fingerprint density at radius 2 is 2.22 bits per heavy atom. The van der Waals surface area contributed by atoms with Gasteiger partial charge in [-0.25, -0.2) is 8.42 Å². The zero-order chi connectivity index (χ0) is 13.3. The molecule has 1 atom stereocenters. The van der Waals surface area contributed by atoms with E-state index in [4.69, 9.17) is 4.42 Å². The quantitative estimate of drug-likeness (QED) is 0.783. The maximum Gasteiger partial charge on any atom is 0.290 e. The van der Waals surface area contributed by atoms with Crippen LogP contribution in [0.25, 0.3) is 0 Å². The molecular formula is C11H14BrNO4S. The van der Waals surface area contributed by atoms with E-state index >= 15 is 0 Å². The summed E-state index contributed by atoms with van der Waals surface area (Å²) in [5.74, 6) is -0.0313. The summed E-state index contributed by atoms with van der Waals surface area (Å²) in [4.78, 5) is 13.7. The molecule has 1 aromatic heterocycles. The normalized spacial score (nSPS) is 23.7. The van der Waals surface area contributed by atoms with Crippen LogP contribution in [0.4, 0.5) is 0 Å². The molecule has 0 spiro atoms. The molecule has 1 unspecified atom stereocenters. The van der Waals surface area contributed by atoms with Crippen molar-refractivity contribution >= 4 is 31.7 Å². The van der Waals surface area contributed by atoms with Crippen LogP contribution in [0.15, 0.2) is 21.2 Å². The molecule has 0 saturated carbocycles. The minimum absolute atomic E-state index is 0.0121. The molecule has 1 saturated heterocycles. The second kappa shape index (κ2) is 5.05. The van der Waals surface area contributed by atoms with E-state index in [1.807, 2.05) is 0 Å². The Bertz CT molecular complexity index is 551. The van der Waals surface area contributed by atoms with Crippen LogP contribution in [0.2, 0.25) is 0 Å². The fraction of sp³-hybridized carbons (Fsp3) is 0.545. The Kier molecular flexibility index (Phi) is 3.82. The van der Waals surface area contributed by atoms with Crippen molar-refractivity contribution in [3.05, 3.63) is 22.6 Å². The average Bonchev–Trinajstić information content (AvgIpc) is 2.68. The van der Waals surface area contributed by atoms with E-state index in [9.17, 15) is 13.2 Å². The van der Waals surface area contributed by atoms with Gasteiger partial charge >= 0.3 is 0 Å². The summed E-state index contributed by atoms with van der Waals surface area (Å²) in [7, 11) is -3.08. The number of furan rings is 1. The van der Waals surface area contributed by atoms with Crippen LogP contribution in [-0.4, -0.2) is 43.3 Å². The van der Waals surface area contributed by atoms with Gasteiger partial charge in [-0.15, -0.1) is 0 Å². The number of sulfone groups is 1. The van der Waals surface area contributed by atoms with Gasteiger partial charge in [0.25, 0.3) is 5.91 Å². The van der Waals surface area contributed by atoms with Crippen molar-refractivity contribution in [1.82, 2.24) is 4.90 Å². The monoisotopic (exact) mass is 335 g/mol. The molecule has 1 amide bonds. The zero-order valence-electron chi connectivity index (χ0n) is 9.93. The van der Waals surface area contributed by atoms with E-state index < -0.39 is 15.1 Å². The predicted octanol–water partition coefficient (Wildman–Crippen LogP) is 1.69. The van der Waals surface area contributed by atoms with Crippen molar-refractivity contribution in [3.63, 3.8) is 0 Å². The number of carbonyl (C=O) groups is 1. The smallest absolute Gasteiger partial charge is 0.290 e. The lowest BCUT2D eigenvalue weighted by Gasteiger charge is -2.18. The highest BCUT2D eigenvalue weighted by molar-refractivity contribution is 9.10. The molecular weight excluding hydrogens is 322 g/mol. The van der Waals surface area contributed by atoms with Gasteiger partial charge in [0.1, 0.15) is 0 Å². The first-order valence-corrected chi connectivity index (χ1v) is 8.16. The maximum absolute atomic E-state index is 12.2. The van der Waals surface area contributed by atoms with Crippen LogP contribution in [0.1, 0.15) is 23.9 Å². The van der Waals surface area contributed by atoms with E-state index in [1.165, 1.54) is 11.2 Å². The van der Waals surface area contributed by atoms with Gasteiger partial charge in [0.05, 0.1) is 21.7 Å². The summed E-state index contributed by atoms with van der Waals surface area (Å²) in [6.45, 7) is 2.34. The fourth-order valence-electron chi connectivity index (χ4n) is 1.86. The second-order valence-corrected chi connectivity index (χ2v) is 7.75. The van der Waals surface area contributed by atoms with Crippen molar-refractivity contribution in [1.29, 1.82) is 0 Å². The molecule has 0 N–H and O–H groups in total. The first-order valence-electron chi connectivity index (χ1n) is 5.65. The lowest BCUT2D eigenvalue weighted by Crippen LogP contribution is -2.33. The molecule has 0 aliphatic carbocycles. The highest BCUT2D eigenvalue weighted by Crippen LogP contribution is 2.21. The number of carbonyl (C=O) groups excluding carboxylic acids is 1. The summed E-state index contributed by atoms with van der Waals surface area (Å²) in [5.41, 5.74) is 0. The lowest BCUT2D eigenvalue weighted by molar-refractivity contribution is 0.0734. The fourth-order valence-corrected chi connectivity index (χ4v) is 3.57. The van der Waals surface area contributed by atoms with E-state index in [-0.39, 0.29) is 24.0 Å². The molecule has 1 aromatic rings. The third kappa shape index (κ3) is 2.61. The van der Waals surface area contributed by atoms with Gasteiger partial charge in [0.2, 0.25) is 5.76 Å². The van der Waals surface area contributed by atoms with Gasteiger partial charge in [0.15, 0.2) is 9.84 Å². The number of rotatable bonds is 1. The summed E-state index contributed by atoms with van der Waals surface area (Å²) >= 11 is 3.23. The number of hydrogen-bond acceptors (Lipinski definition) is 4. The maximum atomic E-state index is 12.2. The van der Waals surface area contributed by atoms with Gasteiger partial charge in [0, 0.05) is 13.1 Å². The molecule has 1 aliphatic rings. The minimum Gasteiger partial charge on any atom is -0.458 e. The van der Waals surface area contributed by atoms with Crippen molar-refractivity contribution < 1.29 is 17.6 Å². The molecule has 18 heavy (non-hydrogen) atoms. The van der Waals surface area contributed by atoms with Gasteiger partial charge < -0.3 is 9.32 Å². The van der Waals surface area contributed by atoms with Gasteiger partial charge in [-0.05, 0) is 35.3 Å². The molecule has 2 heterocycles. The summed E-state index contributed by atoms with van der Waals surface area (Å²) in [6, 6.07) is 1.64. The van der Waals surface area contributed by atoms with Crippen molar-refractivity contribution in [2.75, 3.05) is 18.8 Å². The predicted molar refractivity (Wildman–Crippen MR) is 70.2 cm³/mol. The Morgan fingerprint density at radius 1 is 1.50 bits per heavy atom. The third-order valence-electron chi connectivity index (χ3n) is 3.16. The molecule has 1 aliphatic heterocycles. The van der Waals surface area contributed by atoms with Crippen molar-refractivity contribution in [3.8, 4) is 0 Å². The lowest BCUT2D eigenvalue weighted by atomic mass is 10.3. The topological polar surface area (TPSA) is 67.6 Å². The summed E-state index contributed by atoms with van der Waals surface area (Å²) in [5, 5.41) is -0.393. The van der Waals surface area contributed by atoms with Crippen molar-refractivity contribution in [2.45, 2.75) is 18.6 Å². The Balaban J connectivity index is 2.16. The van der Waals surface area contributed by atoms with E-state index in [0.29, 0.717) is 17.4 Å². The number of halogens is 1. The van der Waals surface area contributed by atoms with Gasteiger partial charge in [-0.2, -0.15) is 0 Å². The number of nitrogens with zero attached hydrogens (tertiary/aromatic N) is 1. The van der Waals surface area contributed by atoms with E-state index in [2.05, 4.69) is 15.9 Å². The van der Waals surface area contributed by atoms with Crippen LogP contribution >= 0.6 is 15.9 Å². The van der Waals surface area contributed by atoms with Crippen LogP contribution in [0.5, 0.6) is 0 Å². The van der Waals surface area contributed by atoms with E-state index in [0.717, 1.165) is 0 Å². The second-order valence-electron chi connectivity index (χ2n) is 4.36. The Labute approximate surface area is 114 Å². The molecule has 100 valence electrons.